The average Bonchev–Trinajstić information content (AvgIpc) is 2.32. The second-order valence-corrected chi connectivity index (χ2v) is 5.35. The van der Waals surface area contributed by atoms with E-state index in [1.54, 1.807) is 6.07 Å². The molecule has 2 rings (SSSR count). The van der Waals surface area contributed by atoms with Crippen molar-refractivity contribution < 1.29 is 0 Å². The van der Waals surface area contributed by atoms with Gasteiger partial charge in [-0.3, -0.25) is 0 Å². The Morgan fingerprint density at radius 2 is 1.35 bits per heavy atom. The van der Waals surface area contributed by atoms with E-state index >= 15 is 0 Å². The molecule has 2 aromatic rings. The Labute approximate surface area is 124 Å². The molecule has 0 radical (unpaired) electrons. The summed E-state index contributed by atoms with van der Waals surface area (Å²) in [5.41, 5.74) is 3.09. The van der Waals surface area contributed by atoms with Gasteiger partial charge in [-0.25, -0.2) is 0 Å². The predicted octanol–water partition coefficient (Wildman–Crippen LogP) is 6.21. The summed E-state index contributed by atoms with van der Waals surface area (Å²) in [5.74, 6) is 0. The van der Waals surface area contributed by atoms with Crippen molar-refractivity contribution in [2.75, 3.05) is 0 Å². The maximum absolute atomic E-state index is 6.16. The van der Waals surface area contributed by atoms with Gasteiger partial charge in [-0.1, -0.05) is 68.9 Å². The van der Waals surface area contributed by atoms with Gasteiger partial charge in [0.25, 0.3) is 0 Å². The van der Waals surface area contributed by atoms with Crippen molar-refractivity contribution in [1.82, 2.24) is 0 Å². The van der Waals surface area contributed by atoms with Crippen molar-refractivity contribution in [1.29, 1.82) is 0 Å². The van der Waals surface area contributed by atoms with E-state index in [1.165, 1.54) is 0 Å². The van der Waals surface area contributed by atoms with Crippen molar-refractivity contribution >= 4 is 50.7 Å². The summed E-state index contributed by atoms with van der Waals surface area (Å²) < 4.78 is 0. The molecule has 0 saturated heterocycles. The zero-order valence-electron chi connectivity index (χ0n) is 8.68. The monoisotopic (exact) mass is 348 g/mol. The number of alkyl halides is 1. The van der Waals surface area contributed by atoms with Crippen LogP contribution in [-0.2, 0) is 5.33 Å². The summed E-state index contributed by atoms with van der Waals surface area (Å²) in [7, 11) is 0. The average molecular weight is 350 g/mol. The van der Waals surface area contributed by atoms with Gasteiger partial charge in [0.15, 0.2) is 0 Å². The molecule has 0 atom stereocenters. The first kappa shape index (κ1) is 13.2. The van der Waals surface area contributed by atoms with E-state index in [0.717, 1.165) is 27.0 Å². The van der Waals surface area contributed by atoms with Crippen molar-refractivity contribution in [3.05, 3.63) is 57.0 Å². The van der Waals surface area contributed by atoms with Crippen LogP contribution in [0, 0.1) is 0 Å². The van der Waals surface area contributed by atoms with Gasteiger partial charge in [-0.05, 0) is 34.9 Å². The lowest BCUT2D eigenvalue weighted by Gasteiger charge is -2.06. The fraction of sp³-hybridized carbons (Fsp3) is 0.0769. The van der Waals surface area contributed by atoms with Crippen molar-refractivity contribution in [2.24, 2.45) is 0 Å². The highest BCUT2D eigenvalue weighted by Gasteiger charge is 2.05. The number of halogens is 4. The van der Waals surface area contributed by atoms with E-state index in [1.807, 2.05) is 30.3 Å². The number of hydrogen-bond donors (Lipinski definition) is 0. The minimum atomic E-state index is 0.546. The van der Waals surface area contributed by atoms with Crippen LogP contribution in [0.3, 0.4) is 0 Å². The van der Waals surface area contributed by atoms with E-state index < -0.39 is 0 Å². The predicted molar refractivity (Wildman–Crippen MR) is 79.5 cm³/mol. The molecule has 0 fully saturated rings. The van der Waals surface area contributed by atoms with Gasteiger partial charge in [0, 0.05) is 10.4 Å². The quantitative estimate of drug-likeness (QED) is 0.565. The Morgan fingerprint density at radius 1 is 0.765 bits per heavy atom. The summed E-state index contributed by atoms with van der Waals surface area (Å²) in [4.78, 5) is 0. The minimum absolute atomic E-state index is 0.546. The standard InChI is InChI=1S/C13H8BrCl3/c14-7-10-2-1-8(5-12(10)16)9-3-4-11(15)13(17)6-9/h1-6H,7H2. The highest BCUT2D eigenvalue weighted by Crippen LogP contribution is 2.31. The maximum Gasteiger partial charge on any atom is 0.0598 e. The Balaban J connectivity index is 2.46. The second kappa shape index (κ2) is 5.62. The van der Waals surface area contributed by atoms with E-state index in [2.05, 4.69) is 15.9 Å². The van der Waals surface area contributed by atoms with E-state index in [0.29, 0.717) is 10.0 Å². The molecule has 0 amide bonds. The van der Waals surface area contributed by atoms with Crippen LogP contribution in [0.4, 0.5) is 0 Å². The Bertz CT molecular complexity index is 552. The normalized spacial score (nSPS) is 10.6. The van der Waals surface area contributed by atoms with Crippen molar-refractivity contribution in [3.63, 3.8) is 0 Å². The minimum Gasteiger partial charge on any atom is -0.0876 e. The molecule has 4 heteroatoms. The summed E-state index contributed by atoms with van der Waals surface area (Å²) in [6.07, 6.45) is 0. The van der Waals surface area contributed by atoms with E-state index in [9.17, 15) is 0 Å². The molecular weight excluding hydrogens is 342 g/mol. The van der Waals surface area contributed by atoms with Crippen molar-refractivity contribution in [3.8, 4) is 11.1 Å². The molecule has 88 valence electrons. The molecule has 0 bridgehead atoms. The third kappa shape index (κ3) is 2.97. The zero-order valence-corrected chi connectivity index (χ0v) is 12.5. The molecule has 0 aliphatic carbocycles. The number of rotatable bonds is 2. The molecule has 17 heavy (non-hydrogen) atoms. The van der Waals surface area contributed by atoms with Crippen LogP contribution in [-0.4, -0.2) is 0 Å². The molecule has 0 aromatic heterocycles. The highest BCUT2D eigenvalue weighted by molar-refractivity contribution is 9.08. The lowest BCUT2D eigenvalue weighted by atomic mass is 10.0. The number of benzene rings is 2. The van der Waals surface area contributed by atoms with Gasteiger partial charge in [-0.2, -0.15) is 0 Å². The zero-order chi connectivity index (χ0) is 12.4. The molecule has 0 N–H and O–H groups in total. The van der Waals surface area contributed by atoms with Gasteiger partial charge >= 0.3 is 0 Å². The first-order valence-electron chi connectivity index (χ1n) is 4.91. The summed E-state index contributed by atoms with van der Waals surface area (Å²) in [6.45, 7) is 0. The summed E-state index contributed by atoms with van der Waals surface area (Å²) in [5, 5.41) is 2.59. The molecule has 2 aromatic carbocycles. The molecule has 0 spiro atoms. The molecule has 0 unspecified atom stereocenters. The SMILES string of the molecule is Clc1ccc(-c2ccc(CBr)c(Cl)c2)cc1Cl. The lowest BCUT2D eigenvalue weighted by molar-refractivity contribution is 1.43. The van der Waals surface area contributed by atoms with Crippen molar-refractivity contribution in [2.45, 2.75) is 5.33 Å². The van der Waals surface area contributed by atoms with E-state index in [4.69, 9.17) is 34.8 Å². The topological polar surface area (TPSA) is 0 Å². The molecule has 0 heterocycles. The third-order valence-corrected chi connectivity index (χ3v) is 4.14. The molecular formula is C13H8BrCl3. The van der Waals surface area contributed by atoms with Crippen LogP contribution in [0.2, 0.25) is 15.1 Å². The lowest BCUT2D eigenvalue weighted by Crippen LogP contribution is -1.83. The van der Waals surface area contributed by atoms with Crippen LogP contribution < -0.4 is 0 Å². The largest absolute Gasteiger partial charge is 0.0876 e. The first-order valence-corrected chi connectivity index (χ1v) is 7.17. The summed E-state index contributed by atoms with van der Waals surface area (Å²) >= 11 is 21.4. The first-order chi connectivity index (χ1) is 8.11. The van der Waals surface area contributed by atoms with Gasteiger partial charge in [0.1, 0.15) is 0 Å². The summed E-state index contributed by atoms with van der Waals surface area (Å²) in [6, 6.07) is 11.5. The van der Waals surface area contributed by atoms with E-state index in [-0.39, 0.29) is 0 Å². The van der Waals surface area contributed by atoms with Crippen LogP contribution in [0.1, 0.15) is 5.56 Å². The molecule has 0 aliphatic heterocycles. The van der Waals surface area contributed by atoms with Crippen LogP contribution in [0.25, 0.3) is 11.1 Å². The molecule has 0 nitrogen and oxygen atoms in total. The Hall–Kier alpha value is -0.210. The molecule has 0 saturated carbocycles. The number of hydrogen-bond acceptors (Lipinski definition) is 0. The van der Waals surface area contributed by atoms with Gasteiger partial charge < -0.3 is 0 Å². The van der Waals surface area contributed by atoms with Crippen LogP contribution >= 0.6 is 50.7 Å². The highest BCUT2D eigenvalue weighted by atomic mass is 79.9. The van der Waals surface area contributed by atoms with Crippen LogP contribution in [0.15, 0.2) is 36.4 Å². The van der Waals surface area contributed by atoms with Gasteiger partial charge in [0.05, 0.1) is 10.0 Å². The Kier molecular flexibility index (Phi) is 4.37. The molecule has 0 aliphatic rings. The third-order valence-electron chi connectivity index (χ3n) is 2.45. The maximum atomic E-state index is 6.16. The smallest absolute Gasteiger partial charge is 0.0598 e. The second-order valence-electron chi connectivity index (χ2n) is 3.57. The van der Waals surface area contributed by atoms with Crippen LogP contribution in [0.5, 0.6) is 0 Å². The van der Waals surface area contributed by atoms with Gasteiger partial charge in [0.2, 0.25) is 0 Å². The fourth-order valence-corrected chi connectivity index (χ4v) is 2.71. The Morgan fingerprint density at radius 3 is 1.88 bits per heavy atom. The van der Waals surface area contributed by atoms with Gasteiger partial charge in [-0.15, -0.1) is 0 Å². The fourth-order valence-electron chi connectivity index (χ4n) is 1.51.